The SMILES string of the molecule is Cc1cccc(CSCC(=O)Nc2ccc(Cl)c(N)c2)c1. The molecule has 2 rings (SSSR count). The number of carbonyl (C=O) groups excluding carboxylic acids is 1. The lowest BCUT2D eigenvalue weighted by Crippen LogP contribution is -2.14. The molecule has 110 valence electrons. The van der Waals surface area contributed by atoms with Crippen LogP contribution in [0.1, 0.15) is 11.1 Å². The third-order valence-corrected chi connectivity index (χ3v) is 4.21. The molecule has 0 saturated heterocycles. The van der Waals surface area contributed by atoms with Crippen molar-refractivity contribution in [3.8, 4) is 0 Å². The molecule has 0 unspecified atom stereocenters. The summed E-state index contributed by atoms with van der Waals surface area (Å²) in [5.74, 6) is 1.17. The Morgan fingerprint density at radius 2 is 2.10 bits per heavy atom. The predicted octanol–water partition coefficient (Wildman–Crippen LogP) is 4.10. The first-order chi connectivity index (χ1) is 10.0. The Bertz CT molecular complexity index is 646. The van der Waals surface area contributed by atoms with Gasteiger partial charge in [-0.15, -0.1) is 11.8 Å². The van der Waals surface area contributed by atoms with Gasteiger partial charge >= 0.3 is 0 Å². The summed E-state index contributed by atoms with van der Waals surface area (Å²) in [6.07, 6.45) is 0. The molecule has 21 heavy (non-hydrogen) atoms. The van der Waals surface area contributed by atoms with Crippen LogP contribution in [0.4, 0.5) is 11.4 Å². The van der Waals surface area contributed by atoms with E-state index in [2.05, 4.69) is 30.4 Å². The van der Waals surface area contributed by atoms with Crippen LogP contribution in [0.2, 0.25) is 5.02 Å². The zero-order valence-electron chi connectivity index (χ0n) is 11.7. The highest BCUT2D eigenvalue weighted by atomic mass is 35.5. The van der Waals surface area contributed by atoms with Gasteiger partial charge in [-0.05, 0) is 30.7 Å². The lowest BCUT2D eigenvalue weighted by Gasteiger charge is -2.07. The molecule has 2 aromatic carbocycles. The van der Waals surface area contributed by atoms with Crippen LogP contribution >= 0.6 is 23.4 Å². The number of halogens is 1. The molecule has 0 bridgehead atoms. The fourth-order valence-electron chi connectivity index (χ4n) is 1.88. The van der Waals surface area contributed by atoms with E-state index in [0.717, 1.165) is 5.75 Å². The Morgan fingerprint density at radius 3 is 2.81 bits per heavy atom. The second kappa shape index (κ2) is 7.38. The number of nitrogens with one attached hydrogen (secondary N) is 1. The average molecular weight is 321 g/mol. The molecule has 0 saturated carbocycles. The summed E-state index contributed by atoms with van der Waals surface area (Å²) >= 11 is 7.42. The van der Waals surface area contributed by atoms with Crippen LogP contribution in [0.5, 0.6) is 0 Å². The topological polar surface area (TPSA) is 55.1 Å². The zero-order chi connectivity index (χ0) is 15.2. The molecule has 0 fully saturated rings. The van der Waals surface area contributed by atoms with E-state index in [1.807, 2.05) is 6.07 Å². The van der Waals surface area contributed by atoms with Gasteiger partial charge in [-0.2, -0.15) is 0 Å². The maximum Gasteiger partial charge on any atom is 0.234 e. The van der Waals surface area contributed by atoms with Gasteiger partial charge in [0.15, 0.2) is 0 Å². The molecule has 0 aliphatic rings. The number of aryl methyl sites for hydroxylation is 1. The quantitative estimate of drug-likeness (QED) is 0.815. The fourth-order valence-corrected chi connectivity index (χ4v) is 2.77. The zero-order valence-corrected chi connectivity index (χ0v) is 13.3. The lowest BCUT2D eigenvalue weighted by atomic mass is 10.2. The van der Waals surface area contributed by atoms with E-state index in [-0.39, 0.29) is 5.91 Å². The third-order valence-electron chi connectivity index (χ3n) is 2.86. The molecular formula is C16H17ClN2OS. The van der Waals surface area contributed by atoms with Crippen molar-refractivity contribution in [1.29, 1.82) is 0 Å². The number of amides is 1. The number of hydrogen-bond donors (Lipinski definition) is 2. The van der Waals surface area contributed by atoms with Crippen molar-refractivity contribution in [2.75, 3.05) is 16.8 Å². The van der Waals surface area contributed by atoms with Gasteiger partial charge in [0.1, 0.15) is 0 Å². The van der Waals surface area contributed by atoms with Crippen LogP contribution in [0, 0.1) is 6.92 Å². The van der Waals surface area contributed by atoms with E-state index in [1.165, 1.54) is 11.1 Å². The second-order valence-corrected chi connectivity index (χ2v) is 6.16. The molecule has 5 heteroatoms. The van der Waals surface area contributed by atoms with Crippen molar-refractivity contribution in [3.05, 3.63) is 58.6 Å². The van der Waals surface area contributed by atoms with Crippen LogP contribution in [-0.2, 0) is 10.5 Å². The van der Waals surface area contributed by atoms with E-state index in [1.54, 1.807) is 30.0 Å². The van der Waals surface area contributed by atoms with Gasteiger partial charge in [0.25, 0.3) is 0 Å². The minimum absolute atomic E-state index is 0.0469. The molecule has 0 spiro atoms. The first-order valence-corrected chi connectivity index (χ1v) is 8.06. The van der Waals surface area contributed by atoms with Crippen LogP contribution in [0.3, 0.4) is 0 Å². The van der Waals surface area contributed by atoms with E-state index in [0.29, 0.717) is 22.2 Å². The van der Waals surface area contributed by atoms with Crippen molar-refractivity contribution in [2.45, 2.75) is 12.7 Å². The number of rotatable bonds is 5. The number of nitrogen functional groups attached to an aromatic ring is 1. The average Bonchev–Trinajstić information content (AvgIpc) is 2.43. The smallest absolute Gasteiger partial charge is 0.234 e. The summed E-state index contributed by atoms with van der Waals surface area (Å²) in [5.41, 5.74) is 9.28. The molecular weight excluding hydrogens is 304 g/mol. The molecule has 0 heterocycles. The normalized spacial score (nSPS) is 10.4. The second-order valence-electron chi connectivity index (χ2n) is 4.77. The Hall–Kier alpha value is -1.65. The minimum Gasteiger partial charge on any atom is -0.397 e. The summed E-state index contributed by atoms with van der Waals surface area (Å²) in [6.45, 7) is 2.06. The summed E-state index contributed by atoms with van der Waals surface area (Å²) in [7, 11) is 0. The Labute approximate surface area is 133 Å². The van der Waals surface area contributed by atoms with Gasteiger partial charge in [0, 0.05) is 11.4 Å². The monoisotopic (exact) mass is 320 g/mol. The first-order valence-electron chi connectivity index (χ1n) is 6.53. The summed E-state index contributed by atoms with van der Waals surface area (Å²) in [4.78, 5) is 11.9. The molecule has 0 radical (unpaired) electrons. The van der Waals surface area contributed by atoms with Gasteiger partial charge in [0.2, 0.25) is 5.91 Å². The third kappa shape index (κ3) is 4.99. The Balaban J connectivity index is 1.81. The van der Waals surface area contributed by atoms with Crippen molar-refractivity contribution >= 4 is 40.6 Å². The van der Waals surface area contributed by atoms with Gasteiger partial charge in [-0.25, -0.2) is 0 Å². The minimum atomic E-state index is -0.0469. The number of carbonyl (C=O) groups is 1. The number of thioether (sulfide) groups is 1. The van der Waals surface area contributed by atoms with Gasteiger partial charge in [0.05, 0.1) is 16.5 Å². The van der Waals surface area contributed by atoms with Crippen molar-refractivity contribution in [3.63, 3.8) is 0 Å². The number of nitrogens with two attached hydrogens (primary N) is 1. The molecule has 0 aliphatic carbocycles. The fraction of sp³-hybridized carbons (Fsp3) is 0.188. The molecule has 3 N–H and O–H groups in total. The molecule has 0 aliphatic heterocycles. The predicted molar refractivity (Wildman–Crippen MR) is 91.8 cm³/mol. The van der Waals surface area contributed by atoms with Crippen LogP contribution < -0.4 is 11.1 Å². The Morgan fingerprint density at radius 1 is 1.29 bits per heavy atom. The Kier molecular flexibility index (Phi) is 5.53. The van der Waals surface area contributed by atoms with E-state index >= 15 is 0 Å². The molecule has 0 aromatic heterocycles. The number of anilines is 2. The first kappa shape index (κ1) is 15.7. The molecule has 2 aromatic rings. The van der Waals surface area contributed by atoms with E-state index < -0.39 is 0 Å². The highest BCUT2D eigenvalue weighted by Gasteiger charge is 2.05. The standard InChI is InChI=1S/C16H17ClN2OS/c1-11-3-2-4-12(7-11)9-21-10-16(20)19-13-5-6-14(17)15(18)8-13/h2-8H,9-10,18H2,1H3,(H,19,20). The largest absolute Gasteiger partial charge is 0.397 e. The van der Waals surface area contributed by atoms with Crippen molar-refractivity contribution in [1.82, 2.24) is 0 Å². The van der Waals surface area contributed by atoms with E-state index in [4.69, 9.17) is 17.3 Å². The summed E-state index contributed by atoms with van der Waals surface area (Å²) in [5, 5.41) is 3.30. The maximum absolute atomic E-state index is 11.9. The summed E-state index contributed by atoms with van der Waals surface area (Å²) < 4.78 is 0. The van der Waals surface area contributed by atoms with Crippen molar-refractivity contribution in [2.24, 2.45) is 0 Å². The van der Waals surface area contributed by atoms with Crippen LogP contribution in [0.25, 0.3) is 0 Å². The van der Waals surface area contributed by atoms with Gasteiger partial charge in [-0.1, -0.05) is 41.4 Å². The molecule has 0 atom stereocenters. The number of hydrogen-bond acceptors (Lipinski definition) is 3. The van der Waals surface area contributed by atoms with Crippen LogP contribution in [0.15, 0.2) is 42.5 Å². The molecule has 1 amide bonds. The van der Waals surface area contributed by atoms with E-state index in [9.17, 15) is 4.79 Å². The van der Waals surface area contributed by atoms with Crippen LogP contribution in [-0.4, -0.2) is 11.7 Å². The van der Waals surface area contributed by atoms with Gasteiger partial charge < -0.3 is 11.1 Å². The highest BCUT2D eigenvalue weighted by molar-refractivity contribution is 7.99. The molecule has 3 nitrogen and oxygen atoms in total. The maximum atomic E-state index is 11.9. The van der Waals surface area contributed by atoms with Gasteiger partial charge in [-0.3, -0.25) is 4.79 Å². The summed E-state index contributed by atoms with van der Waals surface area (Å²) in [6, 6.07) is 13.4. The number of benzene rings is 2. The van der Waals surface area contributed by atoms with Crippen molar-refractivity contribution < 1.29 is 4.79 Å². The highest BCUT2D eigenvalue weighted by Crippen LogP contribution is 2.22. The lowest BCUT2D eigenvalue weighted by molar-refractivity contribution is -0.113.